The van der Waals surface area contributed by atoms with E-state index in [9.17, 15) is 14.7 Å². The van der Waals surface area contributed by atoms with Gasteiger partial charge in [0.1, 0.15) is 18.0 Å². The highest BCUT2D eigenvalue weighted by molar-refractivity contribution is 5.98. The van der Waals surface area contributed by atoms with Crippen LogP contribution < -0.4 is 14.4 Å². The zero-order valence-electron chi connectivity index (χ0n) is 17.3. The highest BCUT2D eigenvalue weighted by atomic mass is 16.5. The molecule has 0 bridgehead atoms. The maximum atomic E-state index is 13.0. The number of urea groups is 1. The van der Waals surface area contributed by atoms with E-state index in [2.05, 4.69) is 0 Å². The smallest absolute Gasteiger partial charge is 0.325 e. The first-order chi connectivity index (χ1) is 14.6. The topological polar surface area (TPSA) is 82.6 Å². The van der Waals surface area contributed by atoms with Crippen molar-refractivity contribution in [1.82, 2.24) is 9.80 Å². The van der Waals surface area contributed by atoms with Crippen molar-refractivity contribution >= 4 is 17.6 Å². The normalized spacial score (nSPS) is 13.5. The van der Waals surface area contributed by atoms with E-state index in [-0.39, 0.29) is 31.6 Å². The maximum absolute atomic E-state index is 13.0. The van der Waals surface area contributed by atoms with Gasteiger partial charge >= 0.3 is 6.03 Å². The number of amides is 3. The summed E-state index contributed by atoms with van der Waals surface area (Å²) >= 11 is 0. The van der Waals surface area contributed by atoms with Crippen LogP contribution in [-0.4, -0.2) is 73.9 Å². The van der Waals surface area contributed by atoms with E-state index in [1.54, 1.807) is 42.2 Å². The van der Waals surface area contributed by atoms with Crippen molar-refractivity contribution in [2.24, 2.45) is 0 Å². The monoisotopic (exact) mass is 413 g/mol. The number of benzene rings is 2. The summed E-state index contributed by atoms with van der Waals surface area (Å²) in [5, 5.41) is 9.37. The van der Waals surface area contributed by atoms with Gasteiger partial charge in [-0.2, -0.15) is 0 Å². The quantitative estimate of drug-likeness (QED) is 0.680. The molecule has 8 heteroatoms. The molecule has 1 saturated heterocycles. The Morgan fingerprint density at radius 1 is 1.10 bits per heavy atom. The molecule has 0 aromatic heterocycles. The number of aliphatic hydroxyl groups excluding tert-OH is 1. The Morgan fingerprint density at radius 3 is 2.53 bits per heavy atom. The first-order valence-electron chi connectivity index (χ1n) is 9.78. The van der Waals surface area contributed by atoms with E-state index in [1.807, 2.05) is 30.3 Å². The van der Waals surface area contributed by atoms with Crippen LogP contribution in [-0.2, 0) is 11.3 Å². The van der Waals surface area contributed by atoms with Gasteiger partial charge in [0.25, 0.3) is 0 Å². The minimum absolute atomic E-state index is 0.0472. The molecule has 8 nitrogen and oxygen atoms in total. The van der Waals surface area contributed by atoms with Crippen LogP contribution >= 0.6 is 0 Å². The first kappa shape index (κ1) is 21.4. The molecule has 3 rings (SSSR count). The van der Waals surface area contributed by atoms with Gasteiger partial charge in [-0.25, -0.2) is 4.79 Å². The van der Waals surface area contributed by atoms with Crippen LogP contribution in [0.15, 0.2) is 48.5 Å². The van der Waals surface area contributed by atoms with Crippen LogP contribution in [0.1, 0.15) is 5.56 Å². The third-order valence-electron chi connectivity index (χ3n) is 5.04. The predicted octanol–water partition coefficient (Wildman–Crippen LogP) is 1.97. The van der Waals surface area contributed by atoms with Crippen molar-refractivity contribution in [3.05, 3.63) is 54.1 Å². The molecule has 1 aliphatic heterocycles. The molecule has 0 saturated carbocycles. The molecule has 0 unspecified atom stereocenters. The number of aliphatic hydroxyl groups is 1. The van der Waals surface area contributed by atoms with Crippen molar-refractivity contribution in [2.75, 3.05) is 51.9 Å². The van der Waals surface area contributed by atoms with Gasteiger partial charge in [0.05, 0.1) is 26.5 Å². The van der Waals surface area contributed by atoms with Crippen LogP contribution in [0.4, 0.5) is 10.5 Å². The Kier molecular flexibility index (Phi) is 7.13. The highest BCUT2D eigenvalue weighted by Crippen LogP contribution is 2.34. The lowest BCUT2D eigenvalue weighted by Gasteiger charge is -2.25. The molecule has 30 heavy (non-hydrogen) atoms. The van der Waals surface area contributed by atoms with Gasteiger partial charge < -0.3 is 24.4 Å². The molecule has 2 aromatic carbocycles. The Morgan fingerprint density at radius 2 is 1.87 bits per heavy atom. The summed E-state index contributed by atoms with van der Waals surface area (Å²) in [6.45, 7) is 1.27. The maximum Gasteiger partial charge on any atom is 0.325 e. The van der Waals surface area contributed by atoms with Gasteiger partial charge in [-0.1, -0.05) is 30.3 Å². The number of carbonyl (C=O) groups excluding carboxylic acids is 2. The summed E-state index contributed by atoms with van der Waals surface area (Å²) in [6, 6.07) is 14.6. The summed E-state index contributed by atoms with van der Waals surface area (Å²) in [6.07, 6.45) is 0. The summed E-state index contributed by atoms with van der Waals surface area (Å²) in [7, 11) is 3.11. The van der Waals surface area contributed by atoms with Crippen molar-refractivity contribution in [3.8, 4) is 11.5 Å². The molecule has 0 radical (unpaired) electrons. The minimum Gasteiger partial charge on any atom is -0.497 e. The number of anilines is 1. The van der Waals surface area contributed by atoms with Gasteiger partial charge in [0, 0.05) is 32.2 Å². The number of ether oxygens (including phenoxy) is 2. The van der Waals surface area contributed by atoms with Crippen molar-refractivity contribution < 1.29 is 24.2 Å². The Balaban J connectivity index is 1.70. The molecule has 1 N–H and O–H groups in total. The molecule has 0 atom stereocenters. The third kappa shape index (κ3) is 4.83. The van der Waals surface area contributed by atoms with Crippen LogP contribution in [0.25, 0.3) is 0 Å². The number of hydrogen-bond donors (Lipinski definition) is 1. The average Bonchev–Trinajstić information content (AvgIpc) is 3.13. The highest BCUT2D eigenvalue weighted by Gasteiger charge is 2.33. The van der Waals surface area contributed by atoms with Crippen LogP contribution in [0.2, 0.25) is 0 Å². The van der Waals surface area contributed by atoms with Crippen LogP contribution in [0.5, 0.6) is 11.5 Å². The molecular weight excluding hydrogens is 386 g/mol. The fourth-order valence-corrected chi connectivity index (χ4v) is 3.44. The Hall–Kier alpha value is -3.26. The number of carbonyl (C=O) groups is 2. The zero-order chi connectivity index (χ0) is 21.5. The predicted molar refractivity (Wildman–Crippen MR) is 113 cm³/mol. The average molecular weight is 413 g/mol. The van der Waals surface area contributed by atoms with E-state index in [0.717, 1.165) is 5.56 Å². The fourth-order valence-electron chi connectivity index (χ4n) is 3.44. The largest absolute Gasteiger partial charge is 0.497 e. The zero-order valence-corrected chi connectivity index (χ0v) is 17.3. The van der Waals surface area contributed by atoms with Crippen molar-refractivity contribution in [3.63, 3.8) is 0 Å². The second-order valence-corrected chi connectivity index (χ2v) is 6.92. The van der Waals surface area contributed by atoms with Gasteiger partial charge in [-0.15, -0.1) is 0 Å². The summed E-state index contributed by atoms with van der Waals surface area (Å²) < 4.78 is 10.7. The lowest BCUT2D eigenvalue weighted by atomic mass is 10.2. The second-order valence-electron chi connectivity index (χ2n) is 6.92. The number of methoxy groups -OCH3 is 2. The van der Waals surface area contributed by atoms with Gasteiger partial charge in [0.15, 0.2) is 0 Å². The van der Waals surface area contributed by atoms with Crippen molar-refractivity contribution in [2.45, 2.75) is 6.54 Å². The van der Waals surface area contributed by atoms with Gasteiger partial charge in [0.2, 0.25) is 5.91 Å². The summed E-state index contributed by atoms with van der Waals surface area (Å²) in [5.74, 6) is 0.967. The lowest BCUT2D eigenvalue weighted by molar-refractivity contribution is -0.132. The molecule has 0 spiro atoms. The van der Waals surface area contributed by atoms with Crippen LogP contribution in [0.3, 0.4) is 0 Å². The van der Waals surface area contributed by atoms with E-state index in [0.29, 0.717) is 36.8 Å². The number of hydrogen-bond acceptors (Lipinski definition) is 5. The van der Waals surface area contributed by atoms with E-state index < -0.39 is 0 Å². The molecule has 1 heterocycles. The van der Waals surface area contributed by atoms with Crippen LogP contribution in [0, 0.1) is 0 Å². The van der Waals surface area contributed by atoms with Gasteiger partial charge in [-0.05, 0) is 17.7 Å². The third-order valence-corrected chi connectivity index (χ3v) is 5.04. The molecule has 2 aromatic rings. The first-order valence-corrected chi connectivity index (χ1v) is 9.78. The van der Waals surface area contributed by atoms with E-state index in [4.69, 9.17) is 9.47 Å². The number of nitrogens with zero attached hydrogens (tertiary/aromatic N) is 3. The SMILES string of the molecule is COc1ccc(OC)c(N2CCN(CC(=O)N(CCO)Cc3ccccc3)C2=O)c1. The Labute approximate surface area is 176 Å². The standard InChI is InChI=1S/C22H27N3O5/c1-29-18-8-9-20(30-2)19(14-18)25-11-10-24(22(25)28)16-21(27)23(12-13-26)15-17-6-4-3-5-7-17/h3-9,14,26H,10-13,15-16H2,1-2H3. The van der Waals surface area contributed by atoms with E-state index >= 15 is 0 Å². The number of rotatable bonds is 9. The molecular formula is C22H27N3O5. The Bertz CT molecular complexity index is 874. The molecule has 1 aliphatic rings. The molecule has 0 aliphatic carbocycles. The van der Waals surface area contributed by atoms with E-state index in [1.165, 1.54) is 4.90 Å². The van der Waals surface area contributed by atoms with Gasteiger partial charge in [-0.3, -0.25) is 9.69 Å². The minimum atomic E-state index is -0.265. The molecule has 160 valence electrons. The fraction of sp³-hybridized carbons (Fsp3) is 0.364. The molecule has 1 fully saturated rings. The summed E-state index contributed by atoms with van der Waals surface area (Å²) in [4.78, 5) is 30.5. The lowest BCUT2D eigenvalue weighted by Crippen LogP contribution is -2.43. The molecule has 3 amide bonds. The van der Waals surface area contributed by atoms with Crippen molar-refractivity contribution in [1.29, 1.82) is 0 Å². The summed E-state index contributed by atoms with van der Waals surface area (Å²) in [5.41, 5.74) is 1.57. The second kappa shape index (κ2) is 9.98.